The van der Waals surface area contributed by atoms with Gasteiger partial charge in [-0.25, -0.2) is 4.98 Å². The van der Waals surface area contributed by atoms with Crippen LogP contribution in [0.5, 0.6) is 11.5 Å². The molecule has 0 saturated heterocycles. The van der Waals surface area contributed by atoms with Crippen LogP contribution in [-0.4, -0.2) is 29.7 Å². The van der Waals surface area contributed by atoms with Crippen LogP contribution in [0.25, 0.3) is 11.3 Å². The van der Waals surface area contributed by atoms with Crippen molar-refractivity contribution in [3.63, 3.8) is 0 Å². The lowest BCUT2D eigenvalue weighted by Gasteiger charge is -2.13. The number of nitrogens with one attached hydrogen (secondary N) is 2. The molecular weight excluding hydrogens is 366 g/mol. The molecule has 1 fully saturated rings. The first kappa shape index (κ1) is 18.8. The predicted octanol–water partition coefficient (Wildman–Crippen LogP) is 4.54. The molecule has 6 heteroatoms. The molecule has 1 heterocycles. The number of nitrogens with zero attached hydrogens (tertiary/aromatic N) is 1. The molecule has 29 heavy (non-hydrogen) atoms. The summed E-state index contributed by atoms with van der Waals surface area (Å²) < 4.78 is 5.22. The number of phenols is 1. The molecule has 4 rings (SSSR count). The van der Waals surface area contributed by atoms with Crippen LogP contribution >= 0.6 is 0 Å². The van der Waals surface area contributed by atoms with E-state index in [4.69, 9.17) is 9.72 Å². The molecule has 2 aromatic carbocycles. The zero-order valence-corrected chi connectivity index (χ0v) is 16.2. The van der Waals surface area contributed by atoms with Gasteiger partial charge in [-0.1, -0.05) is 6.07 Å². The van der Waals surface area contributed by atoms with E-state index in [9.17, 15) is 9.90 Å². The number of hydrogen-bond donors (Lipinski definition) is 3. The van der Waals surface area contributed by atoms with Crippen LogP contribution in [0.3, 0.4) is 0 Å². The van der Waals surface area contributed by atoms with Gasteiger partial charge in [0.15, 0.2) is 0 Å². The topological polar surface area (TPSA) is 83.5 Å². The molecule has 0 atom stereocenters. The fraction of sp³-hybridized carbons (Fsp3) is 0.217. The Balaban J connectivity index is 1.61. The highest BCUT2D eigenvalue weighted by Gasteiger charge is 2.22. The van der Waals surface area contributed by atoms with Crippen LogP contribution < -0.4 is 15.4 Å². The number of rotatable bonds is 7. The maximum atomic E-state index is 12.9. The van der Waals surface area contributed by atoms with E-state index in [0.29, 0.717) is 28.7 Å². The third-order valence-corrected chi connectivity index (χ3v) is 4.89. The molecule has 1 saturated carbocycles. The van der Waals surface area contributed by atoms with E-state index in [0.717, 1.165) is 17.8 Å². The van der Waals surface area contributed by atoms with Gasteiger partial charge in [-0.3, -0.25) is 4.79 Å². The van der Waals surface area contributed by atoms with E-state index in [1.807, 2.05) is 24.3 Å². The number of ether oxygens (including phenoxy) is 1. The normalized spacial score (nSPS) is 13.0. The van der Waals surface area contributed by atoms with Crippen LogP contribution in [0.1, 0.15) is 23.2 Å². The number of carbonyl (C=O) groups excluding carboxylic acids is 1. The molecule has 0 radical (unpaired) electrons. The predicted molar refractivity (Wildman–Crippen MR) is 113 cm³/mol. The highest BCUT2D eigenvalue weighted by molar-refractivity contribution is 6.07. The van der Waals surface area contributed by atoms with Crippen molar-refractivity contribution in [2.24, 2.45) is 5.92 Å². The summed E-state index contributed by atoms with van der Waals surface area (Å²) in [6, 6.07) is 17.7. The Bertz CT molecular complexity index is 1010. The molecule has 6 nitrogen and oxygen atoms in total. The van der Waals surface area contributed by atoms with Crippen molar-refractivity contribution in [1.82, 2.24) is 4.98 Å². The zero-order chi connectivity index (χ0) is 20.2. The van der Waals surface area contributed by atoms with Crippen molar-refractivity contribution in [1.29, 1.82) is 0 Å². The van der Waals surface area contributed by atoms with E-state index >= 15 is 0 Å². The summed E-state index contributed by atoms with van der Waals surface area (Å²) in [5.41, 5.74) is 2.75. The highest BCUT2D eigenvalue weighted by Crippen LogP contribution is 2.30. The molecule has 1 aliphatic rings. The quantitative estimate of drug-likeness (QED) is 0.553. The largest absolute Gasteiger partial charge is 0.508 e. The van der Waals surface area contributed by atoms with Gasteiger partial charge in [0.1, 0.15) is 17.3 Å². The lowest BCUT2D eigenvalue weighted by atomic mass is 10.1. The summed E-state index contributed by atoms with van der Waals surface area (Å²) in [5, 5.41) is 15.8. The van der Waals surface area contributed by atoms with Crippen LogP contribution in [0.15, 0.2) is 60.7 Å². The van der Waals surface area contributed by atoms with Crippen LogP contribution in [-0.2, 0) is 0 Å². The van der Waals surface area contributed by atoms with Gasteiger partial charge < -0.3 is 20.5 Å². The number of methoxy groups -OCH3 is 1. The second kappa shape index (κ2) is 8.22. The van der Waals surface area contributed by atoms with Gasteiger partial charge in [-0.15, -0.1) is 0 Å². The van der Waals surface area contributed by atoms with Gasteiger partial charge in [0, 0.05) is 23.9 Å². The summed E-state index contributed by atoms with van der Waals surface area (Å²) in [6.45, 7) is 0.797. The molecule has 0 unspecified atom stereocenters. The van der Waals surface area contributed by atoms with Gasteiger partial charge in [0.25, 0.3) is 5.91 Å². The number of pyridine rings is 1. The van der Waals surface area contributed by atoms with E-state index in [-0.39, 0.29) is 11.7 Å². The summed E-state index contributed by atoms with van der Waals surface area (Å²) in [4.78, 5) is 17.6. The standard InChI is InChI=1S/C23H23N3O3/c1-29-19-4-2-3-17(13-19)25-23(28)20-11-12-21(16-7-9-18(27)10-8-16)26-22(20)24-14-15-5-6-15/h2-4,7-13,15,27H,5-6,14H2,1H3,(H,24,26)(H,25,28). The van der Waals surface area contributed by atoms with Crippen LogP contribution in [0.4, 0.5) is 11.5 Å². The van der Waals surface area contributed by atoms with Crippen LogP contribution in [0.2, 0.25) is 0 Å². The molecule has 0 spiro atoms. The minimum absolute atomic E-state index is 0.204. The first-order valence-electron chi connectivity index (χ1n) is 9.62. The number of benzene rings is 2. The third kappa shape index (κ3) is 4.66. The monoisotopic (exact) mass is 389 g/mol. The van der Waals surface area contributed by atoms with Crippen molar-refractivity contribution >= 4 is 17.4 Å². The lowest BCUT2D eigenvalue weighted by Crippen LogP contribution is -2.17. The zero-order valence-electron chi connectivity index (χ0n) is 16.2. The average Bonchev–Trinajstić information content (AvgIpc) is 3.57. The van der Waals surface area contributed by atoms with Gasteiger partial charge in [-0.2, -0.15) is 0 Å². The van der Waals surface area contributed by atoms with Crippen molar-refractivity contribution in [2.75, 3.05) is 24.3 Å². The maximum Gasteiger partial charge on any atom is 0.259 e. The van der Waals surface area contributed by atoms with E-state index in [2.05, 4.69) is 10.6 Å². The first-order valence-corrected chi connectivity index (χ1v) is 9.62. The SMILES string of the molecule is COc1cccc(NC(=O)c2ccc(-c3ccc(O)cc3)nc2NCC2CC2)c1. The minimum atomic E-state index is -0.235. The van der Waals surface area contributed by atoms with Gasteiger partial charge in [0.2, 0.25) is 0 Å². The van der Waals surface area contributed by atoms with Crippen molar-refractivity contribution in [2.45, 2.75) is 12.8 Å². The lowest BCUT2D eigenvalue weighted by molar-refractivity contribution is 0.102. The number of aromatic hydroxyl groups is 1. The summed E-state index contributed by atoms with van der Waals surface area (Å²) in [7, 11) is 1.59. The van der Waals surface area contributed by atoms with Gasteiger partial charge in [-0.05, 0) is 67.3 Å². The highest BCUT2D eigenvalue weighted by atomic mass is 16.5. The van der Waals surface area contributed by atoms with Gasteiger partial charge >= 0.3 is 0 Å². The average molecular weight is 389 g/mol. The molecule has 3 aromatic rings. The van der Waals surface area contributed by atoms with E-state index in [1.54, 1.807) is 43.5 Å². The number of hydrogen-bond acceptors (Lipinski definition) is 5. The molecule has 0 aliphatic heterocycles. The molecular formula is C23H23N3O3. The Morgan fingerprint density at radius 2 is 1.93 bits per heavy atom. The Morgan fingerprint density at radius 1 is 1.14 bits per heavy atom. The first-order chi connectivity index (χ1) is 14.1. The second-order valence-corrected chi connectivity index (χ2v) is 7.15. The second-order valence-electron chi connectivity index (χ2n) is 7.15. The molecule has 148 valence electrons. The Kier molecular flexibility index (Phi) is 5.33. The number of aromatic nitrogens is 1. The van der Waals surface area contributed by atoms with Crippen molar-refractivity contribution in [3.8, 4) is 22.8 Å². The fourth-order valence-electron chi connectivity index (χ4n) is 3.03. The molecule has 1 amide bonds. The molecule has 0 bridgehead atoms. The fourth-order valence-corrected chi connectivity index (χ4v) is 3.03. The smallest absolute Gasteiger partial charge is 0.259 e. The summed E-state index contributed by atoms with van der Waals surface area (Å²) in [6.07, 6.45) is 2.41. The van der Waals surface area contributed by atoms with Crippen LogP contribution in [0, 0.1) is 5.92 Å². The number of phenolic OH excluding ortho intramolecular Hbond substituents is 1. The third-order valence-electron chi connectivity index (χ3n) is 4.89. The Morgan fingerprint density at radius 3 is 2.66 bits per heavy atom. The summed E-state index contributed by atoms with van der Waals surface area (Å²) in [5.74, 6) is 1.85. The molecule has 1 aliphatic carbocycles. The van der Waals surface area contributed by atoms with E-state index in [1.165, 1.54) is 12.8 Å². The van der Waals surface area contributed by atoms with Crippen molar-refractivity contribution in [3.05, 3.63) is 66.2 Å². The van der Waals surface area contributed by atoms with E-state index < -0.39 is 0 Å². The number of carbonyl (C=O) groups is 1. The van der Waals surface area contributed by atoms with Crippen molar-refractivity contribution < 1.29 is 14.6 Å². The minimum Gasteiger partial charge on any atom is -0.508 e. The van der Waals surface area contributed by atoms with Gasteiger partial charge in [0.05, 0.1) is 18.4 Å². The Labute approximate surface area is 169 Å². The Hall–Kier alpha value is -3.54. The number of anilines is 2. The summed E-state index contributed by atoms with van der Waals surface area (Å²) >= 11 is 0. The maximum absolute atomic E-state index is 12.9. The molecule has 1 aromatic heterocycles. The number of amides is 1. The molecule has 3 N–H and O–H groups in total.